The first-order valence-corrected chi connectivity index (χ1v) is 10.9. The zero-order valence-electron chi connectivity index (χ0n) is 19.2. The van der Waals surface area contributed by atoms with Gasteiger partial charge in [-0.3, -0.25) is 9.69 Å². The number of methoxy groups -OCH3 is 1. The van der Waals surface area contributed by atoms with E-state index in [1.807, 2.05) is 32.0 Å². The number of guanidine groups is 1. The molecule has 1 aromatic rings. The van der Waals surface area contributed by atoms with Gasteiger partial charge in [-0.25, -0.2) is 4.99 Å². The van der Waals surface area contributed by atoms with Gasteiger partial charge in [-0.2, -0.15) is 0 Å². The van der Waals surface area contributed by atoms with Gasteiger partial charge in [0.15, 0.2) is 17.5 Å². The second-order valence-corrected chi connectivity index (χ2v) is 7.71. The molecule has 1 heterocycles. The van der Waals surface area contributed by atoms with Gasteiger partial charge < -0.3 is 30.1 Å². The van der Waals surface area contributed by atoms with Crippen LogP contribution in [0.15, 0.2) is 23.2 Å². The molecule has 1 aliphatic rings. The van der Waals surface area contributed by atoms with E-state index >= 15 is 0 Å². The number of benzene rings is 1. The maximum absolute atomic E-state index is 12.0. The molecule has 1 saturated heterocycles. The van der Waals surface area contributed by atoms with Crippen LogP contribution in [0, 0.1) is 0 Å². The molecule has 174 valence electrons. The Kier molecular flexibility index (Phi) is 10.4. The molecule has 2 rings (SSSR count). The van der Waals surface area contributed by atoms with E-state index in [1.165, 1.54) is 0 Å². The lowest BCUT2D eigenvalue weighted by atomic mass is 10.2. The number of hydrogen-bond donors (Lipinski definition) is 3. The van der Waals surface area contributed by atoms with Crippen LogP contribution in [0.3, 0.4) is 0 Å². The second-order valence-electron chi connectivity index (χ2n) is 7.71. The summed E-state index contributed by atoms with van der Waals surface area (Å²) in [5.41, 5.74) is 1.01. The Morgan fingerprint density at radius 1 is 1.23 bits per heavy atom. The third-order valence-electron chi connectivity index (χ3n) is 4.81. The Morgan fingerprint density at radius 2 is 1.97 bits per heavy atom. The molecular weight excluding hydrogens is 398 g/mol. The number of carbonyl (C=O) groups excluding carboxylic acids is 1. The number of ether oxygens (including phenoxy) is 2. The Hall–Kier alpha value is -2.52. The van der Waals surface area contributed by atoms with Crippen LogP contribution >= 0.6 is 0 Å². The molecule has 0 aliphatic carbocycles. The van der Waals surface area contributed by atoms with Crippen LogP contribution < -0.4 is 20.1 Å². The zero-order chi connectivity index (χ0) is 22.6. The molecule has 1 fully saturated rings. The van der Waals surface area contributed by atoms with Crippen molar-refractivity contribution >= 4 is 11.9 Å². The second kappa shape index (κ2) is 13.0. The van der Waals surface area contributed by atoms with Gasteiger partial charge >= 0.3 is 0 Å². The highest BCUT2D eigenvalue weighted by molar-refractivity contribution is 5.80. The minimum atomic E-state index is -0.0447. The predicted molar refractivity (Wildman–Crippen MR) is 122 cm³/mol. The van der Waals surface area contributed by atoms with Gasteiger partial charge in [-0.15, -0.1) is 0 Å². The van der Waals surface area contributed by atoms with Crippen LogP contribution in [0.25, 0.3) is 0 Å². The topological polar surface area (TPSA) is 98.7 Å². The molecule has 9 nitrogen and oxygen atoms in total. The van der Waals surface area contributed by atoms with Crippen LogP contribution in [-0.2, 0) is 11.3 Å². The van der Waals surface area contributed by atoms with E-state index in [1.54, 1.807) is 7.11 Å². The average Bonchev–Trinajstić information content (AvgIpc) is 2.75. The summed E-state index contributed by atoms with van der Waals surface area (Å²) in [4.78, 5) is 21.2. The summed E-state index contributed by atoms with van der Waals surface area (Å²) in [6, 6.07) is 5.86. The third kappa shape index (κ3) is 8.26. The molecule has 31 heavy (non-hydrogen) atoms. The third-order valence-corrected chi connectivity index (χ3v) is 4.81. The summed E-state index contributed by atoms with van der Waals surface area (Å²) in [6.45, 7) is 11.2. The minimum Gasteiger partial charge on any atom is -0.493 e. The number of aliphatic hydroxyl groups excluding tert-OH is 1. The largest absolute Gasteiger partial charge is 0.493 e. The van der Waals surface area contributed by atoms with E-state index in [9.17, 15) is 4.79 Å². The molecule has 0 aromatic heterocycles. The first-order valence-electron chi connectivity index (χ1n) is 10.9. The van der Waals surface area contributed by atoms with Crippen LogP contribution in [0.2, 0.25) is 0 Å². The fraction of sp³-hybridized carbons (Fsp3) is 0.636. The van der Waals surface area contributed by atoms with Crippen molar-refractivity contribution in [3.8, 4) is 11.5 Å². The van der Waals surface area contributed by atoms with Crippen molar-refractivity contribution in [2.75, 3.05) is 59.6 Å². The van der Waals surface area contributed by atoms with Gasteiger partial charge in [-0.05, 0) is 38.5 Å². The van der Waals surface area contributed by atoms with Gasteiger partial charge in [0, 0.05) is 38.8 Å². The van der Waals surface area contributed by atoms with E-state index < -0.39 is 0 Å². The summed E-state index contributed by atoms with van der Waals surface area (Å²) in [5.74, 6) is 2.17. The standard InChI is InChI=1S/C22H37N5O4/c1-5-23-22(27-10-8-26(9-11-27)16-21(29)25-17(2)3)24-15-18-6-7-19(31-13-12-28)20(14-18)30-4/h6-7,14,17,28H,5,8-13,15-16H2,1-4H3,(H,23,24)(H,25,29). The summed E-state index contributed by atoms with van der Waals surface area (Å²) in [6.07, 6.45) is 0. The van der Waals surface area contributed by atoms with Crippen LogP contribution in [0.5, 0.6) is 11.5 Å². The van der Waals surface area contributed by atoms with E-state index in [4.69, 9.17) is 19.6 Å². The molecule has 0 unspecified atom stereocenters. The van der Waals surface area contributed by atoms with E-state index in [-0.39, 0.29) is 25.2 Å². The van der Waals surface area contributed by atoms with Crippen LogP contribution in [-0.4, -0.2) is 92.4 Å². The number of aliphatic imine (C=N–C) groups is 1. The summed E-state index contributed by atoms with van der Waals surface area (Å²) < 4.78 is 10.9. The van der Waals surface area contributed by atoms with E-state index in [0.29, 0.717) is 24.6 Å². The van der Waals surface area contributed by atoms with Crippen molar-refractivity contribution in [3.63, 3.8) is 0 Å². The molecular formula is C22H37N5O4. The molecule has 0 bridgehead atoms. The van der Waals surface area contributed by atoms with Gasteiger partial charge in [0.05, 0.1) is 26.8 Å². The Bertz CT molecular complexity index is 718. The summed E-state index contributed by atoms with van der Waals surface area (Å²) in [5, 5.41) is 15.3. The number of amides is 1. The Labute approximate surface area is 185 Å². The Balaban J connectivity index is 1.96. The summed E-state index contributed by atoms with van der Waals surface area (Å²) >= 11 is 0. The minimum absolute atomic E-state index is 0.0447. The lowest BCUT2D eigenvalue weighted by Gasteiger charge is -2.36. The molecule has 3 N–H and O–H groups in total. The predicted octanol–water partition coefficient (Wildman–Crippen LogP) is 0.674. The number of piperazine rings is 1. The lowest BCUT2D eigenvalue weighted by Crippen LogP contribution is -2.54. The van der Waals surface area contributed by atoms with Gasteiger partial charge in [0.2, 0.25) is 5.91 Å². The molecule has 0 radical (unpaired) electrons. The number of rotatable bonds is 10. The fourth-order valence-electron chi connectivity index (χ4n) is 3.37. The number of hydrogen-bond acceptors (Lipinski definition) is 6. The number of nitrogens with one attached hydrogen (secondary N) is 2. The maximum atomic E-state index is 12.0. The lowest BCUT2D eigenvalue weighted by molar-refractivity contribution is -0.123. The first kappa shape index (κ1) is 24.7. The average molecular weight is 436 g/mol. The number of aliphatic hydroxyl groups is 1. The quantitative estimate of drug-likeness (QED) is 0.367. The van der Waals surface area contributed by atoms with Crippen molar-refractivity contribution in [1.29, 1.82) is 0 Å². The number of carbonyl (C=O) groups is 1. The van der Waals surface area contributed by atoms with E-state index in [0.717, 1.165) is 44.2 Å². The van der Waals surface area contributed by atoms with Crippen molar-refractivity contribution in [2.45, 2.75) is 33.4 Å². The van der Waals surface area contributed by atoms with Crippen molar-refractivity contribution in [2.24, 2.45) is 4.99 Å². The van der Waals surface area contributed by atoms with Gasteiger partial charge in [-0.1, -0.05) is 6.07 Å². The van der Waals surface area contributed by atoms with Crippen molar-refractivity contribution < 1.29 is 19.4 Å². The van der Waals surface area contributed by atoms with Crippen LogP contribution in [0.4, 0.5) is 0 Å². The fourth-order valence-corrected chi connectivity index (χ4v) is 3.37. The smallest absolute Gasteiger partial charge is 0.234 e. The molecule has 1 aliphatic heterocycles. The molecule has 9 heteroatoms. The van der Waals surface area contributed by atoms with Gasteiger partial charge in [0.1, 0.15) is 6.61 Å². The summed E-state index contributed by atoms with van der Waals surface area (Å²) in [7, 11) is 1.60. The van der Waals surface area contributed by atoms with Crippen LogP contribution in [0.1, 0.15) is 26.3 Å². The molecule has 0 spiro atoms. The highest BCUT2D eigenvalue weighted by atomic mass is 16.5. The molecule has 1 aromatic carbocycles. The first-order chi connectivity index (χ1) is 15.0. The van der Waals surface area contributed by atoms with Crippen molar-refractivity contribution in [3.05, 3.63) is 23.8 Å². The van der Waals surface area contributed by atoms with Gasteiger partial charge in [0.25, 0.3) is 0 Å². The molecule has 1 amide bonds. The number of nitrogens with zero attached hydrogens (tertiary/aromatic N) is 3. The highest BCUT2D eigenvalue weighted by Crippen LogP contribution is 2.28. The normalized spacial score (nSPS) is 15.2. The maximum Gasteiger partial charge on any atom is 0.234 e. The van der Waals surface area contributed by atoms with E-state index in [2.05, 4.69) is 27.4 Å². The molecule has 0 atom stereocenters. The monoisotopic (exact) mass is 435 g/mol. The molecule has 0 saturated carbocycles. The highest BCUT2D eigenvalue weighted by Gasteiger charge is 2.21. The SMILES string of the molecule is CCNC(=NCc1ccc(OCCO)c(OC)c1)N1CCN(CC(=O)NC(C)C)CC1. The Morgan fingerprint density at radius 3 is 2.58 bits per heavy atom. The van der Waals surface area contributed by atoms with Crippen molar-refractivity contribution in [1.82, 2.24) is 20.4 Å². The zero-order valence-corrected chi connectivity index (χ0v) is 19.2.